The highest BCUT2D eigenvalue weighted by molar-refractivity contribution is 8.00. The largest absolute Gasteiger partial charge is 0.464 e. The van der Waals surface area contributed by atoms with Crippen LogP contribution in [0.5, 0.6) is 5.75 Å². The van der Waals surface area contributed by atoms with Crippen molar-refractivity contribution in [1.82, 2.24) is 0 Å². The van der Waals surface area contributed by atoms with E-state index in [1.54, 1.807) is 0 Å². The van der Waals surface area contributed by atoms with Crippen molar-refractivity contribution in [3.63, 3.8) is 0 Å². The van der Waals surface area contributed by atoms with Crippen LogP contribution in [0.3, 0.4) is 0 Å². The average molecular weight is 310 g/mol. The first-order valence-corrected chi connectivity index (χ1v) is 6.29. The molecule has 0 saturated heterocycles. The lowest BCUT2D eigenvalue weighted by Gasteiger charge is -2.14. The molecule has 9 heteroatoms. The molecule has 0 fully saturated rings. The summed E-state index contributed by atoms with van der Waals surface area (Å²) in [5.74, 6) is -2.09. The lowest BCUT2D eigenvalue weighted by Crippen LogP contribution is -2.32. The van der Waals surface area contributed by atoms with E-state index in [0.29, 0.717) is 5.56 Å². The molecule has 0 aliphatic carbocycles. The predicted octanol–water partition coefficient (Wildman–Crippen LogP) is 2.38. The number of methoxy groups -OCH3 is 1. The van der Waals surface area contributed by atoms with Gasteiger partial charge in [0.25, 0.3) is 0 Å². The van der Waals surface area contributed by atoms with Gasteiger partial charge < -0.3 is 20.4 Å². The number of amidine groups is 1. The van der Waals surface area contributed by atoms with Gasteiger partial charge in [-0.15, -0.1) is 0 Å². The quantitative estimate of drug-likeness (QED) is 0.266. The molecule has 0 saturated carbocycles. The van der Waals surface area contributed by atoms with E-state index in [2.05, 4.69) is 9.89 Å². The molecule has 0 heterocycles. The van der Waals surface area contributed by atoms with Crippen molar-refractivity contribution < 1.29 is 27.9 Å². The Kier molecular flexibility index (Phi) is 5.96. The average Bonchev–Trinajstić information content (AvgIpc) is 2.44. The molecule has 20 heavy (non-hydrogen) atoms. The van der Waals surface area contributed by atoms with Crippen molar-refractivity contribution in [2.24, 2.45) is 10.9 Å². The number of nitrogens with zero attached hydrogens (tertiary/aromatic N) is 1. The normalized spacial score (nSPS) is 12.5. The van der Waals surface area contributed by atoms with Gasteiger partial charge in [-0.1, -0.05) is 23.0 Å². The zero-order valence-corrected chi connectivity index (χ0v) is 11.3. The first-order valence-electron chi connectivity index (χ1n) is 5.30. The molecule has 0 spiro atoms. The van der Waals surface area contributed by atoms with E-state index in [4.69, 9.17) is 15.7 Å². The zero-order valence-electron chi connectivity index (χ0n) is 10.5. The number of oxime groups is 1. The Labute approximate surface area is 117 Å². The van der Waals surface area contributed by atoms with Crippen LogP contribution >= 0.6 is 11.8 Å². The van der Waals surface area contributed by atoms with E-state index in [1.807, 2.05) is 0 Å². The van der Waals surface area contributed by atoms with Gasteiger partial charge >= 0.3 is 5.25 Å². The number of alkyl halides is 2. The number of rotatable bonds is 7. The molecule has 1 rings (SSSR count). The van der Waals surface area contributed by atoms with Crippen LogP contribution in [-0.4, -0.2) is 30.2 Å². The maximum Gasteiger partial charge on any atom is 0.353 e. The van der Waals surface area contributed by atoms with E-state index >= 15 is 0 Å². The van der Waals surface area contributed by atoms with Gasteiger partial charge in [0.2, 0.25) is 5.84 Å². The van der Waals surface area contributed by atoms with E-state index in [9.17, 15) is 13.2 Å². The summed E-state index contributed by atoms with van der Waals surface area (Å²) in [5, 5.41) is 6.98. The van der Waals surface area contributed by atoms with Gasteiger partial charge in [0, 0.05) is 12.9 Å². The van der Waals surface area contributed by atoms with E-state index in [1.165, 1.54) is 19.2 Å². The monoisotopic (exact) mass is 310 g/mol. The van der Waals surface area contributed by atoms with Gasteiger partial charge in [0.1, 0.15) is 0 Å². The third kappa shape index (κ3) is 4.49. The fourth-order valence-corrected chi connectivity index (χ4v) is 1.89. The fourth-order valence-electron chi connectivity index (χ4n) is 1.18. The first kappa shape index (κ1) is 16.4. The lowest BCUT2D eigenvalue weighted by molar-refractivity contribution is 0.0482. The van der Waals surface area contributed by atoms with Crippen molar-refractivity contribution >= 4 is 17.6 Å². The summed E-state index contributed by atoms with van der Waals surface area (Å²) in [6.45, 7) is -0.159. The Morgan fingerprint density at radius 2 is 2.20 bits per heavy atom. The second-order valence-electron chi connectivity index (χ2n) is 3.61. The zero-order chi connectivity index (χ0) is 15.2. The second kappa shape index (κ2) is 7.25. The van der Waals surface area contributed by atoms with Gasteiger partial charge in [0.05, 0.1) is 0 Å². The summed E-state index contributed by atoms with van der Waals surface area (Å²) in [7, 11) is 1.37. The Balaban J connectivity index is 2.74. The third-order valence-corrected chi connectivity index (χ3v) is 3.20. The molecule has 0 aromatic heterocycles. The number of hydrogen-bond donors (Lipinski definition) is 2. The van der Waals surface area contributed by atoms with Crippen molar-refractivity contribution in [3.05, 3.63) is 29.6 Å². The minimum atomic E-state index is -3.52. The molecule has 0 bridgehead atoms. The molecule has 1 aromatic rings. The molecular weight excluding hydrogens is 297 g/mol. The number of ether oxygens (including phenoxy) is 2. The molecule has 3 N–H and O–H groups in total. The van der Waals surface area contributed by atoms with Crippen LogP contribution in [0.25, 0.3) is 0 Å². The molecule has 0 atom stereocenters. The maximum absolute atomic E-state index is 13.3. The number of halogens is 3. The molecule has 112 valence electrons. The Morgan fingerprint density at radius 1 is 1.50 bits per heavy atom. The summed E-state index contributed by atoms with van der Waals surface area (Å²) >= 11 is 0.145. The molecule has 5 nitrogen and oxygen atoms in total. The van der Waals surface area contributed by atoms with Crippen LogP contribution in [0.15, 0.2) is 23.4 Å². The smallest absolute Gasteiger partial charge is 0.353 e. The van der Waals surface area contributed by atoms with Gasteiger partial charge in [-0.25, -0.2) is 4.39 Å². The summed E-state index contributed by atoms with van der Waals surface area (Å²) in [5.41, 5.74) is 5.26. The molecule has 0 aliphatic rings. The molecule has 0 radical (unpaired) electrons. The highest BCUT2D eigenvalue weighted by Crippen LogP contribution is 2.33. The minimum absolute atomic E-state index is 0.0999. The second-order valence-corrected chi connectivity index (χ2v) is 4.70. The van der Waals surface area contributed by atoms with Crippen LogP contribution < -0.4 is 10.5 Å². The standard InChI is InChI=1S/C11H13F3N2O3S/c1-18-6-19-9-4-7(2-3-8(9)12)5-20-11(13,14)10(15)16-17/h2-4,17H,5-6H2,1H3,(H2,15,16). The van der Waals surface area contributed by atoms with Crippen LogP contribution in [-0.2, 0) is 10.5 Å². The topological polar surface area (TPSA) is 77.1 Å². The van der Waals surface area contributed by atoms with Crippen LogP contribution in [0.4, 0.5) is 13.2 Å². The number of nitrogens with two attached hydrogens (primary N) is 1. The maximum atomic E-state index is 13.3. The van der Waals surface area contributed by atoms with Crippen molar-refractivity contribution in [1.29, 1.82) is 0 Å². The van der Waals surface area contributed by atoms with Crippen LogP contribution in [0.1, 0.15) is 5.56 Å². The first-order chi connectivity index (χ1) is 9.40. The summed E-state index contributed by atoms with van der Waals surface area (Å²) in [6, 6.07) is 3.72. The highest BCUT2D eigenvalue weighted by atomic mass is 32.2. The summed E-state index contributed by atoms with van der Waals surface area (Å²) in [4.78, 5) is 0. The Bertz CT molecular complexity index is 486. The van der Waals surface area contributed by atoms with Crippen molar-refractivity contribution in [2.75, 3.05) is 13.9 Å². The molecule has 1 aromatic carbocycles. The highest BCUT2D eigenvalue weighted by Gasteiger charge is 2.35. The van der Waals surface area contributed by atoms with E-state index in [-0.39, 0.29) is 30.1 Å². The van der Waals surface area contributed by atoms with E-state index < -0.39 is 16.9 Å². The van der Waals surface area contributed by atoms with Gasteiger partial charge in [-0.3, -0.25) is 0 Å². The van der Waals surface area contributed by atoms with E-state index in [0.717, 1.165) is 6.07 Å². The predicted molar refractivity (Wildman–Crippen MR) is 68.6 cm³/mol. The van der Waals surface area contributed by atoms with Gasteiger partial charge in [0.15, 0.2) is 18.4 Å². The number of benzene rings is 1. The number of thioether (sulfide) groups is 1. The molecule has 0 aliphatic heterocycles. The lowest BCUT2D eigenvalue weighted by atomic mass is 10.2. The molecular formula is C11H13F3N2O3S. The van der Waals surface area contributed by atoms with Gasteiger partial charge in [-0.05, 0) is 17.7 Å². The Hall–Kier alpha value is -1.61. The Morgan fingerprint density at radius 3 is 2.80 bits per heavy atom. The van der Waals surface area contributed by atoms with Crippen molar-refractivity contribution in [3.8, 4) is 5.75 Å². The molecule has 0 amide bonds. The SMILES string of the molecule is COCOc1cc(CSC(F)(F)/C(N)=N/O)ccc1F. The summed E-state index contributed by atoms with van der Waals surface area (Å²) < 4.78 is 49.5. The fraction of sp³-hybridized carbons (Fsp3) is 0.364. The number of hydrogen-bond acceptors (Lipinski definition) is 5. The van der Waals surface area contributed by atoms with Crippen molar-refractivity contribution in [2.45, 2.75) is 11.0 Å². The third-order valence-electron chi connectivity index (χ3n) is 2.15. The van der Waals surface area contributed by atoms with Crippen LogP contribution in [0, 0.1) is 5.82 Å². The summed E-state index contributed by atoms with van der Waals surface area (Å²) in [6.07, 6.45) is 0. The molecule has 0 unspecified atom stereocenters. The van der Waals surface area contributed by atoms with Crippen LogP contribution in [0.2, 0.25) is 0 Å². The minimum Gasteiger partial charge on any atom is -0.464 e. The van der Waals surface area contributed by atoms with Gasteiger partial charge in [-0.2, -0.15) is 8.78 Å².